The maximum Gasteiger partial charge on any atom is 0.336 e. The summed E-state index contributed by atoms with van der Waals surface area (Å²) in [5, 5.41) is 20.4. The molecule has 2 N–H and O–H groups in total. The number of benzene rings is 2. The zero-order valence-electron chi connectivity index (χ0n) is 25.5. The molecule has 0 atom stereocenters. The van der Waals surface area contributed by atoms with E-state index in [2.05, 4.69) is 20.8 Å². The van der Waals surface area contributed by atoms with E-state index in [-0.39, 0.29) is 17.7 Å². The molecule has 0 spiro atoms. The van der Waals surface area contributed by atoms with E-state index in [4.69, 9.17) is 9.78 Å². The average Bonchev–Trinajstić information content (AvgIpc) is 2.66. The predicted molar refractivity (Wildman–Crippen MR) is 151 cm³/mol. The fourth-order valence-electron chi connectivity index (χ4n) is 6.41. The van der Waals surface area contributed by atoms with Gasteiger partial charge in [-0.2, -0.15) is 0 Å². The summed E-state index contributed by atoms with van der Waals surface area (Å²) in [6.07, 6.45) is 0. The fourth-order valence-corrected chi connectivity index (χ4v) is 6.41. The van der Waals surface area contributed by atoms with Crippen molar-refractivity contribution in [2.75, 3.05) is 0 Å². The van der Waals surface area contributed by atoms with Gasteiger partial charge < -0.3 is 10.2 Å². The molecule has 0 saturated carbocycles. The van der Waals surface area contributed by atoms with Crippen molar-refractivity contribution in [3.05, 3.63) is 68.3 Å². The topological polar surface area (TPSA) is 93.1 Å². The molecular formula is C32H46O6. The SMILES string of the molecule is Cc1cc(C)c(C(=O)O)c(COOC(c2c(C(=O)O)c(C)cc(C)c2C(C)(C)C)(C(C)(C)C)C(C)(C)C)c1. The van der Waals surface area contributed by atoms with Crippen molar-refractivity contribution in [2.45, 2.75) is 108 Å². The average molecular weight is 527 g/mol. The van der Waals surface area contributed by atoms with E-state index in [0.717, 1.165) is 16.7 Å². The van der Waals surface area contributed by atoms with Gasteiger partial charge in [-0.15, -0.1) is 0 Å². The largest absolute Gasteiger partial charge is 0.478 e. The minimum absolute atomic E-state index is 0.101. The van der Waals surface area contributed by atoms with E-state index in [1.54, 1.807) is 13.0 Å². The Morgan fingerprint density at radius 3 is 1.58 bits per heavy atom. The highest BCUT2D eigenvalue weighted by molar-refractivity contribution is 5.93. The van der Waals surface area contributed by atoms with Crippen molar-refractivity contribution in [1.82, 2.24) is 0 Å². The predicted octanol–water partition coefficient (Wildman–Crippen LogP) is 8.05. The van der Waals surface area contributed by atoms with Gasteiger partial charge in [-0.25, -0.2) is 19.4 Å². The first-order chi connectivity index (χ1) is 17.1. The van der Waals surface area contributed by atoms with Gasteiger partial charge in [0.1, 0.15) is 12.2 Å². The molecule has 210 valence electrons. The van der Waals surface area contributed by atoms with Gasteiger partial charge in [0.2, 0.25) is 0 Å². The van der Waals surface area contributed by atoms with Crippen LogP contribution in [-0.4, -0.2) is 22.2 Å². The van der Waals surface area contributed by atoms with Crippen LogP contribution in [0.25, 0.3) is 0 Å². The standard InChI is InChI=1S/C32H46O6/c1-18-14-19(2)23(27(33)34)22(15-18)17-37-38-32(30(8,9)10,31(11,12)13)26-24(28(35)36)20(3)16-21(4)25(26)29(5,6)7/h14-16H,17H2,1-13H3,(H,33,34)(H,35,36). The van der Waals surface area contributed by atoms with Crippen LogP contribution in [0.2, 0.25) is 0 Å². The molecule has 0 radical (unpaired) electrons. The third-order valence-electron chi connectivity index (χ3n) is 7.32. The van der Waals surface area contributed by atoms with Crippen LogP contribution in [0.3, 0.4) is 0 Å². The lowest BCUT2D eigenvalue weighted by Gasteiger charge is -2.54. The Bertz CT molecular complexity index is 1220. The summed E-state index contributed by atoms with van der Waals surface area (Å²) in [6.45, 7) is 25.8. The molecule has 0 saturated heterocycles. The van der Waals surface area contributed by atoms with Gasteiger partial charge in [0.25, 0.3) is 0 Å². The molecule has 0 amide bonds. The Balaban J connectivity index is 2.93. The second-order valence-corrected chi connectivity index (χ2v) is 13.6. The van der Waals surface area contributed by atoms with Crippen LogP contribution in [0.1, 0.15) is 122 Å². The molecule has 38 heavy (non-hydrogen) atoms. The molecular weight excluding hydrogens is 480 g/mol. The number of hydrogen-bond acceptors (Lipinski definition) is 4. The lowest BCUT2D eigenvalue weighted by Crippen LogP contribution is -2.54. The van der Waals surface area contributed by atoms with Crippen LogP contribution in [0.4, 0.5) is 0 Å². The number of carboxylic acids is 2. The molecule has 0 aliphatic heterocycles. The molecule has 6 nitrogen and oxygen atoms in total. The van der Waals surface area contributed by atoms with E-state index in [1.807, 2.05) is 74.4 Å². The molecule has 2 aromatic rings. The fraction of sp³-hybridized carbons (Fsp3) is 0.562. The number of aryl methyl sites for hydroxylation is 4. The number of carbonyl (C=O) groups is 2. The third kappa shape index (κ3) is 5.67. The lowest BCUT2D eigenvalue weighted by atomic mass is 9.56. The molecule has 0 unspecified atom stereocenters. The highest BCUT2D eigenvalue weighted by Crippen LogP contribution is 2.58. The van der Waals surface area contributed by atoms with Crippen LogP contribution in [0.5, 0.6) is 0 Å². The van der Waals surface area contributed by atoms with E-state index < -0.39 is 33.8 Å². The minimum atomic E-state index is -1.23. The summed E-state index contributed by atoms with van der Waals surface area (Å²) >= 11 is 0. The minimum Gasteiger partial charge on any atom is -0.478 e. The maximum absolute atomic E-state index is 12.9. The highest BCUT2D eigenvalue weighted by atomic mass is 17.2. The second-order valence-electron chi connectivity index (χ2n) is 13.6. The number of aromatic carboxylic acids is 2. The van der Waals surface area contributed by atoms with Crippen LogP contribution < -0.4 is 0 Å². The quantitative estimate of drug-likeness (QED) is 0.280. The molecule has 0 aliphatic carbocycles. The molecule has 0 aromatic heterocycles. The first-order valence-electron chi connectivity index (χ1n) is 13.1. The summed E-state index contributed by atoms with van der Waals surface area (Å²) in [5.41, 5.74) is 2.73. The van der Waals surface area contributed by atoms with Crippen LogP contribution in [0.15, 0.2) is 18.2 Å². The van der Waals surface area contributed by atoms with E-state index in [1.165, 1.54) is 0 Å². The van der Waals surface area contributed by atoms with Gasteiger partial charge in [-0.05, 0) is 71.8 Å². The molecule has 0 bridgehead atoms. The Labute approximate surface area is 228 Å². The molecule has 6 heteroatoms. The Morgan fingerprint density at radius 2 is 1.16 bits per heavy atom. The monoisotopic (exact) mass is 526 g/mol. The summed E-state index contributed by atoms with van der Waals surface area (Å²) in [5.74, 6) is -2.05. The molecule has 2 rings (SSSR count). The number of rotatable bonds is 7. The molecule has 0 heterocycles. The zero-order chi connectivity index (χ0) is 29.6. The zero-order valence-corrected chi connectivity index (χ0v) is 25.5. The molecule has 0 aliphatic rings. The van der Waals surface area contributed by atoms with Crippen molar-refractivity contribution < 1.29 is 29.6 Å². The van der Waals surface area contributed by atoms with Crippen molar-refractivity contribution in [1.29, 1.82) is 0 Å². The van der Waals surface area contributed by atoms with Crippen molar-refractivity contribution in [2.24, 2.45) is 10.8 Å². The third-order valence-corrected chi connectivity index (χ3v) is 7.32. The highest BCUT2D eigenvalue weighted by Gasteiger charge is 2.58. The van der Waals surface area contributed by atoms with Crippen molar-refractivity contribution in [3.63, 3.8) is 0 Å². The van der Waals surface area contributed by atoms with Crippen LogP contribution >= 0.6 is 0 Å². The van der Waals surface area contributed by atoms with E-state index in [9.17, 15) is 19.8 Å². The molecule has 0 fully saturated rings. The summed E-state index contributed by atoms with van der Waals surface area (Å²) < 4.78 is 0. The lowest BCUT2D eigenvalue weighted by molar-refractivity contribution is -0.420. The van der Waals surface area contributed by atoms with Crippen LogP contribution in [0, 0.1) is 38.5 Å². The second kappa shape index (κ2) is 10.5. The summed E-state index contributed by atoms with van der Waals surface area (Å²) in [7, 11) is 0. The van der Waals surface area contributed by atoms with Gasteiger partial charge in [0.05, 0.1) is 11.1 Å². The van der Waals surface area contributed by atoms with Crippen molar-refractivity contribution in [3.8, 4) is 0 Å². The Kier molecular flexibility index (Phi) is 8.68. The van der Waals surface area contributed by atoms with Gasteiger partial charge >= 0.3 is 11.9 Å². The van der Waals surface area contributed by atoms with Gasteiger partial charge in [0, 0.05) is 5.56 Å². The van der Waals surface area contributed by atoms with E-state index >= 15 is 0 Å². The van der Waals surface area contributed by atoms with Crippen LogP contribution in [-0.2, 0) is 27.4 Å². The molecule has 2 aromatic carbocycles. The van der Waals surface area contributed by atoms with Gasteiger partial charge in [0.15, 0.2) is 0 Å². The normalized spacial score (nSPS) is 13.1. The van der Waals surface area contributed by atoms with Gasteiger partial charge in [-0.1, -0.05) is 86.1 Å². The summed E-state index contributed by atoms with van der Waals surface area (Å²) in [6, 6.07) is 5.54. The summed E-state index contributed by atoms with van der Waals surface area (Å²) in [4.78, 5) is 37.5. The number of hydrogen-bond donors (Lipinski definition) is 2. The smallest absolute Gasteiger partial charge is 0.336 e. The Morgan fingerprint density at radius 1 is 0.684 bits per heavy atom. The maximum atomic E-state index is 12.9. The van der Waals surface area contributed by atoms with Crippen molar-refractivity contribution >= 4 is 11.9 Å². The first-order valence-corrected chi connectivity index (χ1v) is 13.1. The number of carboxylic acid groups (broad SMARTS) is 2. The van der Waals surface area contributed by atoms with Gasteiger partial charge in [-0.3, -0.25) is 0 Å². The van der Waals surface area contributed by atoms with E-state index in [0.29, 0.717) is 22.3 Å². The first kappa shape index (κ1) is 31.5. The Hall–Kier alpha value is -2.70.